The van der Waals surface area contributed by atoms with Crippen LogP contribution in [0.4, 0.5) is 10.5 Å². The van der Waals surface area contributed by atoms with E-state index in [1.165, 1.54) is 18.4 Å². The quantitative estimate of drug-likeness (QED) is 0.226. The number of aryl methyl sites for hydroxylation is 1. The van der Waals surface area contributed by atoms with Crippen molar-refractivity contribution in [1.29, 1.82) is 0 Å². The Kier molecular flexibility index (Phi) is 9.46. The molecule has 0 aliphatic carbocycles. The summed E-state index contributed by atoms with van der Waals surface area (Å²) in [6, 6.07) is 19.3. The first-order chi connectivity index (χ1) is 18.7. The van der Waals surface area contributed by atoms with Crippen molar-refractivity contribution in [3.05, 3.63) is 78.5 Å². The van der Waals surface area contributed by atoms with E-state index in [1.807, 2.05) is 45.9 Å². The Hall–Kier alpha value is -3.58. The summed E-state index contributed by atoms with van der Waals surface area (Å²) >= 11 is 0. The van der Waals surface area contributed by atoms with Crippen LogP contribution in [0, 0.1) is 6.92 Å². The van der Waals surface area contributed by atoms with E-state index in [4.69, 9.17) is 14.5 Å². The molecular formula is C32H42N4O3. The predicted octanol–water partition coefficient (Wildman–Crippen LogP) is 6.64. The maximum Gasteiger partial charge on any atom is 0.407 e. The molecule has 208 valence electrons. The molecule has 2 atom stereocenters. The zero-order chi connectivity index (χ0) is 27.8. The van der Waals surface area contributed by atoms with Gasteiger partial charge in [-0.1, -0.05) is 55.0 Å². The standard InChI is InChI=1S/C32H42N4O3/c1-6-19-36-20-11-10-16-27(36)29(24-13-8-7-9-14-24)35-26-22-23(2)34-30-25(26)15-12-17-28(30)38-21-18-33-31(37)39-32(3,4)5/h6-9,12-15,17,22,27,29H,1,10-11,16,18-21H2,2-5H3,(H,33,37)(H,34,35). The van der Waals surface area contributed by atoms with Crippen LogP contribution in [0.3, 0.4) is 0 Å². The van der Waals surface area contributed by atoms with Gasteiger partial charge in [-0.05, 0) is 64.8 Å². The molecule has 1 amide bonds. The average molecular weight is 531 g/mol. The number of para-hydroxylation sites is 1. The molecule has 0 saturated carbocycles. The number of ether oxygens (including phenoxy) is 2. The van der Waals surface area contributed by atoms with Crippen LogP contribution in [0.5, 0.6) is 5.75 Å². The van der Waals surface area contributed by atoms with Crippen LogP contribution >= 0.6 is 0 Å². The topological polar surface area (TPSA) is 75.7 Å². The minimum Gasteiger partial charge on any atom is -0.489 e. The Bertz CT molecular complexity index is 1260. The number of nitrogens with zero attached hydrogens (tertiary/aromatic N) is 2. The average Bonchev–Trinajstić information content (AvgIpc) is 2.90. The van der Waals surface area contributed by atoms with Crippen molar-refractivity contribution >= 4 is 22.7 Å². The van der Waals surface area contributed by atoms with Gasteiger partial charge in [0.1, 0.15) is 23.5 Å². The van der Waals surface area contributed by atoms with Gasteiger partial charge in [-0.15, -0.1) is 6.58 Å². The van der Waals surface area contributed by atoms with Crippen molar-refractivity contribution in [2.75, 3.05) is 31.6 Å². The molecule has 0 bridgehead atoms. The van der Waals surface area contributed by atoms with E-state index in [9.17, 15) is 4.79 Å². The molecule has 1 aliphatic heterocycles. The molecule has 3 aromatic rings. The SMILES string of the molecule is C=CCN1CCCCC1C(Nc1cc(C)nc2c(OCCNC(=O)OC(C)(C)C)cccc12)c1ccccc1. The molecule has 1 aromatic heterocycles. The summed E-state index contributed by atoms with van der Waals surface area (Å²) in [6.45, 7) is 14.1. The van der Waals surface area contributed by atoms with Crippen molar-refractivity contribution in [3.63, 3.8) is 0 Å². The van der Waals surface area contributed by atoms with E-state index in [2.05, 4.69) is 64.6 Å². The normalized spacial score (nSPS) is 16.9. The fourth-order valence-electron chi connectivity index (χ4n) is 5.23. The molecule has 0 radical (unpaired) electrons. The van der Waals surface area contributed by atoms with Gasteiger partial charge in [-0.2, -0.15) is 0 Å². The van der Waals surface area contributed by atoms with Gasteiger partial charge in [0, 0.05) is 29.4 Å². The van der Waals surface area contributed by atoms with Crippen LogP contribution in [0.25, 0.3) is 10.9 Å². The van der Waals surface area contributed by atoms with Crippen LogP contribution in [0.15, 0.2) is 67.3 Å². The Morgan fingerprint density at radius 1 is 1.18 bits per heavy atom. The van der Waals surface area contributed by atoms with Crippen LogP contribution < -0.4 is 15.4 Å². The minimum absolute atomic E-state index is 0.110. The lowest BCUT2D eigenvalue weighted by atomic mass is 9.90. The highest BCUT2D eigenvalue weighted by Crippen LogP contribution is 2.36. The van der Waals surface area contributed by atoms with Gasteiger partial charge in [0.25, 0.3) is 0 Å². The third-order valence-electron chi connectivity index (χ3n) is 6.84. The molecule has 1 aliphatic rings. The number of anilines is 1. The molecule has 2 N–H and O–H groups in total. The summed E-state index contributed by atoms with van der Waals surface area (Å²) in [5, 5.41) is 7.67. The Labute approximate surface area is 232 Å². The second-order valence-electron chi connectivity index (χ2n) is 11.1. The van der Waals surface area contributed by atoms with Crippen molar-refractivity contribution in [2.45, 2.75) is 64.6 Å². The van der Waals surface area contributed by atoms with Gasteiger partial charge in [0.05, 0.1) is 12.6 Å². The second kappa shape index (κ2) is 13.0. The molecule has 39 heavy (non-hydrogen) atoms. The second-order valence-corrected chi connectivity index (χ2v) is 11.1. The number of carbonyl (C=O) groups is 1. The van der Waals surface area contributed by atoms with E-state index in [1.54, 1.807) is 0 Å². The van der Waals surface area contributed by atoms with E-state index < -0.39 is 11.7 Å². The van der Waals surface area contributed by atoms with Crippen molar-refractivity contribution < 1.29 is 14.3 Å². The lowest BCUT2D eigenvalue weighted by molar-refractivity contribution is 0.0520. The number of alkyl carbamates (subject to hydrolysis) is 1. The molecule has 0 spiro atoms. The lowest BCUT2D eigenvalue weighted by Gasteiger charge is -2.41. The molecule has 7 heteroatoms. The maximum atomic E-state index is 12.0. The highest BCUT2D eigenvalue weighted by molar-refractivity contribution is 5.95. The number of carbonyl (C=O) groups excluding carboxylic acids is 1. The predicted molar refractivity (Wildman–Crippen MR) is 158 cm³/mol. The Morgan fingerprint density at radius 2 is 1.97 bits per heavy atom. The monoisotopic (exact) mass is 530 g/mol. The first-order valence-electron chi connectivity index (χ1n) is 13.9. The third kappa shape index (κ3) is 7.73. The Morgan fingerprint density at radius 3 is 2.72 bits per heavy atom. The number of aromatic nitrogens is 1. The van der Waals surface area contributed by atoms with E-state index >= 15 is 0 Å². The molecule has 4 rings (SSSR count). The number of rotatable bonds is 10. The molecule has 1 saturated heterocycles. The van der Waals surface area contributed by atoms with Crippen LogP contribution in [0.1, 0.15) is 57.3 Å². The Balaban J connectivity index is 1.58. The van der Waals surface area contributed by atoms with Crippen LogP contribution in [0.2, 0.25) is 0 Å². The van der Waals surface area contributed by atoms with Gasteiger partial charge in [-0.3, -0.25) is 4.90 Å². The number of amides is 1. The third-order valence-corrected chi connectivity index (χ3v) is 6.84. The van der Waals surface area contributed by atoms with Gasteiger partial charge >= 0.3 is 6.09 Å². The summed E-state index contributed by atoms with van der Waals surface area (Å²) in [6.07, 6.45) is 5.11. The van der Waals surface area contributed by atoms with Gasteiger partial charge in [0.15, 0.2) is 0 Å². The van der Waals surface area contributed by atoms with Crippen LogP contribution in [-0.4, -0.2) is 53.9 Å². The summed E-state index contributed by atoms with van der Waals surface area (Å²) in [5.41, 5.74) is 3.47. The summed E-state index contributed by atoms with van der Waals surface area (Å²) in [4.78, 5) is 19.3. The molecular weight excluding hydrogens is 488 g/mol. The fourth-order valence-corrected chi connectivity index (χ4v) is 5.23. The number of nitrogens with one attached hydrogen (secondary N) is 2. The number of piperidine rings is 1. The number of pyridine rings is 1. The molecule has 2 heterocycles. The number of hydrogen-bond acceptors (Lipinski definition) is 6. The highest BCUT2D eigenvalue weighted by Gasteiger charge is 2.31. The number of likely N-dealkylation sites (tertiary alicyclic amines) is 1. The van der Waals surface area contributed by atoms with Crippen molar-refractivity contribution in [3.8, 4) is 5.75 Å². The zero-order valence-corrected chi connectivity index (χ0v) is 23.7. The number of hydrogen-bond donors (Lipinski definition) is 2. The van der Waals surface area contributed by atoms with Crippen molar-refractivity contribution in [1.82, 2.24) is 15.2 Å². The summed E-state index contributed by atoms with van der Waals surface area (Å²) in [7, 11) is 0. The van der Waals surface area contributed by atoms with Crippen molar-refractivity contribution in [2.24, 2.45) is 0 Å². The fraction of sp³-hybridized carbons (Fsp3) is 0.438. The first kappa shape index (κ1) is 28.4. The highest BCUT2D eigenvalue weighted by atomic mass is 16.6. The minimum atomic E-state index is -0.538. The van der Waals surface area contributed by atoms with E-state index in [0.717, 1.165) is 41.8 Å². The lowest BCUT2D eigenvalue weighted by Crippen LogP contribution is -2.45. The van der Waals surface area contributed by atoms with Crippen LogP contribution in [-0.2, 0) is 4.74 Å². The molecule has 2 aromatic carbocycles. The number of fused-ring (bicyclic) bond motifs is 1. The largest absolute Gasteiger partial charge is 0.489 e. The first-order valence-corrected chi connectivity index (χ1v) is 13.9. The molecule has 1 fully saturated rings. The van der Waals surface area contributed by atoms with E-state index in [0.29, 0.717) is 24.9 Å². The smallest absolute Gasteiger partial charge is 0.407 e. The molecule has 7 nitrogen and oxygen atoms in total. The molecule has 2 unspecified atom stereocenters. The van der Waals surface area contributed by atoms with Gasteiger partial charge in [-0.25, -0.2) is 9.78 Å². The zero-order valence-electron chi connectivity index (χ0n) is 23.7. The van der Waals surface area contributed by atoms with E-state index in [-0.39, 0.29) is 6.04 Å². The maximum absolute atomic E-state index is 12.0. The number of benzene rings is 2. The van der Waals surface area contributed by atoms with Gasteiger partial charge in [0.2, 0.25) is 0 Å². The summed E-state index contributed by atoms with van der Waals surface area (Å²) < 4.78 is 11.4. The van der Waals surface area contributed by atoms with Gasteiger partial charge < -0.3 is 20.1 Å². The summed E-state index contributed by atoms with van der Waals surface area (Å²) in [5.74, 6) is 0.687.